The maximum absolute atomic E-state index is 12.6. The molecule has 5 aliphatic rings. The van der Waals surface area contributed by atoms with E-state index in [0.29, 0.717) is 28.5 Å². The number of carboxylic acids is 2. The van der Waals surface area contributed by atoms with Gasteiger partial charge in [-0.3, -0.25) is 25.4 Å². The van der Waals surface area contributed by atoms with Crippen LogP contribution < -0.4 is 32.7 Å². The molecule has 0 saturated carbocycles. The number of amides is 1. The fraction of sp³-hybridized carbons (Fsp3) is 0.545. The maximum Gasteiger partial charge on any atom is 0.303 e. The minimum Gasteiger partial charge on any atom is -0.481 e. The van der Waals surface area contributed by atoms with Crippen LogP contribution in [0.5, 0.6) is 0 Å². The molecule has 2 unspecified atom stereocenters. The summed E-state index contributed by atoms with van der Waals surface area (Å²) in [4.78, 5) is 35.9. The summed E-state index contributed by atoms with van der Waals surface area (Å²) in [7, 11) is 0. The van der Waals surface area contributed by atoms with Crippen LogP contribution in [0.3, 0.4) is 0 Å². The van der Waals surface area contributed by atoms with Crippen molar-refractivity contribution in [1.82, 2.24) is 21.3 Å². The summed E-state index contributed by atoms with van der Waals surface area (Å²) in [6.07, 6.45) is 6.16. The van der Waals surface area contributed by atoms with E-state index in [2.05, 4.69) is 27.8 Å². The first-order valence-electron chi connectivity index (χ1n) is 15.7. The first-order valence-corrected chi connectivity index (χ1v) is 16.8. The van der Waals surface area contributed by atoms with Crippen LogP contribution in [0.15, 0.2) is 69.6 Å². The van der Waals surface area contributed by atoms with E-state index >= 15 is 0 Å². The topological polar surface area (TPSA) is 212 Å². The summed E-state index contributed by atoms with van der Waals surface area (Å²) >= 11 is 1.84. The van der Waals surface area contributed by atoms with Crippen LogP contribution in [0.25, 0.3) is 0 Å². The molecule has 5 rings (SSSR count). The Bertz CT molecular complexity index is 1510. The average molecular weight is 655 g/mol. The van der Waals surface area contributed by atoms with Gasteiger partial charge in [0.15, 0.2) is 5.85 Å². The number of aliphatic carboxylic acids is 2. The summed E-state index contributed by atoms with van der Waals surface area (Å²) in [5, 5.41) is 43.4. The molecule has 13 heteroatoms. The number of nitrogens with one attached hydrogen (secondary N) is 4. The highest BCUT2D eigenvalue weighted by atomic mass is 32.2. The second kappa shape index (κ2) is 12.7. The van der Waals surface area contributed by atoms with Crippen molar-refractivity contribution in [3.8, 4) is 0 Å². The molecule has 0 bridgehead atoms. The SMILES string of the molecule is C=CC1=C(C)[C@@H](CC2N/C(=C\[C@@]3(N)N/C(=C/C4NC(=O)[C@H](C)[C@H]4[C@H]4CS4)C(C)=C3CCC(=O)O)C(CCC(=O)O)=C2C)N[C@]1(N)O. The molecular weight excluding hydrogens is 608 g/mol. The Labute approximate surface area is 273 Å². The number of carbonyl (C=O) groups excluding carboxylic acids is 1. The molecule has 0 aromatic carbocycles. The molecule has 5 aliphatic heterocycles. The highest BCUT2D eigenvalue weighted by Crippen LogP contribution is 2.45. The molecule has 0 aromatic heterocycles. The Morgan fingerprint density at radius 1 is 1.04 bits per heavy atom. The van der Waals surface area contributed by atoms with Crippen LogP contribution in [0.2, 0.25) is 0 Å². The zero-order valence-corrected chi connectivity index (χ0v) is 27.6. The summed E-state index contributed by atoms with van der Waals surface area (Å²) < 4.78 is 0. The maximum atomic E-state index is 12.6. The molecule has 0 aliphatic carbocycles. The molecule has 46 heavy (non-hydrogen) atoms. The molecule has 0 radical (unpaired) electrons. The zero-order valence-electron chi connectivity index (χ0n) is 26.8. The van der Waals surface area contributed by atoms with Gasteiger partial charge in [0.25, 0.3) is 0 Å². The van der Waals surface area contributed by atoms with Gasteiger partial charge in [-0.15, -0.1) is 0 Å². The van der Waals surface area contributed by atoms with Gasteiger partial charge in [0.1, 0.15) is 5.66 Å². The lowest BCUT2D eigenvalue weighted by atomic mass is 9.88. The fourth-order valence-electron chi connectivity index (χ4n) is 7.51. The van der Waals surface area contributed by atoms with Gasteiger partial charge in [0, 0.05) is 64.7 Å². The highest BCUT2D eigenvalue weighted by Gasteiger charge is 2.48. The monoisotopic (exact) mass is 654 g/mol. The Morgan fingerprint density at radius 3 is 2.28 bits per heavy atom. The van der Waals surface area contributed by atoms with Gasteiger partial charge in [-0.1, -0.05) is 19.6 Å². The number of thioether (sulfide) groups is 1. The van der Waals surface area contributed by atoms with Crippen molar-refractivity contribution in [2.24, 2.45) is 23.3 Å². The number of carbonyl (C=O) groups is 3. The third kappa shape index (κ3) is 6.56. The summed E-state index contributed by atoms with van der Waals surface area (Å²) in [6.45, 7) is 11.5. The van der Waals surface area contributed by atoms with Gasteiger partial charge >= 0.3 is 11.9 Å². The minimum atomic E-state index is -1.70. The van der Waals surface area contributed by atoms with E-state index in [4.69, 9.17) is 11.5 Å². The fourth-order valence-corrected chi connectivity index (χ4v) is 8.47. The van der Waals surface area contributed by atoms with Crippen LogP contribution in [0, 0.1) is 11.8 Å². The first kappa shape index (κ1) is 34.0. The van der Waals surface area contributed by atoms with Crippen molar-refractivity contribution < 1.29 is 29.7 Å². The summed E-state index contributed by atoms with van der Waals surface area (Å²) in [5.74, 6) is -2.50. The predicted octanol–water partition coefficient (Wildman–Crippen LogP) is 1.68. The molecule has 12 nitrogen and oxygen atoms in total. The van der Waals surface area contributed by atoms with E-state index in [9.17, 15) is 29.7 Å². The van der Waals surface area contributed by atoms with Crippen LogP contribution in [-0.4, -0.2) is 73.8 Å². The molecule has 1 amide bonds. The van der Waals surface area contributed by atoms with Gasteiger partial charge in [-0.05, 0) is 80.1 Å². The van der Waals surface area contributed by atoms with E-state index in [1.165, 1.54) is 0 Å². The molecule has 250 valence electrons. The molecule has 2 fully saturated rings. The van der Waals surface area contributed by atoms with Gasteiger partial charge in [0.05, 0.1) is 6.04 Å². The van der Waals surface area contributed by atoms with Crippen LogP contribution in [0.1, 0.15) is 59.8 Å². The van der Waals surface area contributed by atoms with Crippen molar-refractivity contribution in [1.29, 1.82) is 0 Å². The number of aliphatic hydroxyl groups is 1. The molecule has 11 N–H and O–H groups in total. The van der Waals surface area contributed by atoms with Crippen LogP contribution >= 0.6 is 11.8 Å². The van der Waals surface area contributed by atoms with E-state index in [-0.39, 0.29) is 61.6 Å². The molecule has 2 saturated heterocycles. The van der Waals surface area contributed by atoms with E-state index in [1.54, 1.807) is 6.08 Å². The van der Waals surface area contributed by atoms with Crippen molar-refractivity contribution in [3.63, 3.8) is 0 Å². The van der Waals surface area contributed by atoms with E-state index in [0.717, 1.165) is 33.7 Å². The Hall–Kier alpha value is -3.36. The van der Waals surface area contributed by atoms with Gasteiger partial charge in [-0.2, -0.15) is 11.8 Å². The smallest absolute Gasteiger partial charge is 0.303 e. The number of hydrogen-bond donors (Lipinski definition) is 9. The second-order valence-corrected chi connectivity index (χ2v) is 14.4. The number of rotatable bonds is 12. The van der Waals surface area contributed by atoms with Crippen LogP contribution in [0.4, 0.5) is 0 Å². The lowest BCUT2D eigenvalue weighted by Gasteiger charge is -2.28. The number of allylic oxidation sites excluding steroid dienone is 2. The van der Waals surface area contributed by atoms with E-state index in [1.807, 2.05) is 51.6 Å². The Balaban J connectivity index is 1.48. The van der Waals surface area contributed by atoms with Gasteiger partial charge in [-0.25, -0.2) is 0 Å². The molecule has 0 spiro atoms. The van der Waals surface area contributed by atoms with Gasteiger partial charge in [0.2, 0.25) is 5.91 Å². The van der Waals surface area contributed by atoms with Crippen molar-refractivity contribution in [3.05, 3.63) is 69.6 Å². The third-order valence-corrected chi connectivity index (χ3v) is 11.2. The highest BCUT2D eigenvalue weighted by molar-refractivity contribution is 8.06. The Morgan fingerprint density at radius 2 is 1.70 bits per heavy atom. The predicted molar refractivity (Wildman–Crippen MR) is 177 cm³/mol. The minimum absolute atomic E-state index is 0.0196. The molecular formula is C33H46N6O6S. The number of carboxylic acid groups (broad SMARTS) is 2. The molecule has 5 heterocycles. The molecule has 0 aromatic rings. The standard InChI is InChI=1S/C33H46N6O6S/c1-6-20-16(3)24(39-33(20,35)45)11-22-15(2)19(7-9-28(40)41)26(36-22)13-32(34)21(8-10-29(42)43)17(4)23(38-32)12-25-30(27-14-46-27)18(5)31(44)37-25/h6,12-13,18,22,24-25,27,30,36,38-39,45H,1,7-11,14,34-35H2,2-5H3,(H,37,44)(H,40,41)(H,42,43)/b23-12+,26-13-/t18-,22?,24-,25?,27-,30-,32-,33+/m1/s1. The lowest BCUT2D eigenvalue weighted by Crippen LogP contribution is -2.54. The normalized spacial score (nSPS) is 37.3. The van der Waals surface area contributed by atoms with Gasteiger partial charge < -0.3 is 37.0 Å². The zero-order chi connectivity index (χ0) is 33.7. The summed E-state index contributed by atoms with van der Waals surface area (Å²) in [5.41, 5.74) is 18.0. The second-order valence-electron chi connectivity index (χ2n) is 13.2. The quantitative estimate of drug-likeness (QED) is 0.109. The average Bonchev–Trinajstić information content (AvgIpc) is 3.58. The van der Waals surface area contributed by atoms with Crippen molar-refractivity contribution >= 4 is 29.6 Å². The Kier molecular flexibility index (Phi) is 9.37. The van der Waals surface area contributed by atoms with Crippen LogP contribution in [-0.2, 0) is 14.4 Å². The van der Waals surface area contributed by atoms with E-state index < -0.39 is 23.5 Å². The largest absolute Gasteiger partial charge is 0.481 e. The first-order chi connectivity index (χ1) is 21.6. The number of nitrogens with two attached hydrogens (primary N) is 2. The van der Waals surface area contributed by atoms with Crippen molar-refractivity contribution in [2.45, 2.75) is 94.7 Å². The third-order valence-electron chi connectivity index (χ3n) is 10.2. The lowest BCUT2D eigenvalue weighted by molar-refractivity contribution is -0.138. The number of hydrogen-bond acceptors (Lipinski definition) is 10. The molecule has 8 atom stereocenters. The van der Waals surface area contributed by atoms with Crippen molar-refractivity contribution in [2.75, 3.05) is 5.75 Å². The summed E-state index contributed by atoms with van der Waals surface area (Å²) in [6, 6.07) is -0.673.